The fourth-order valence-corrected chi connectivity index (χ4v) is 6.43. The maximum Gasteiger partial charge on any atom is 0.158 e. The second-order valence-electron chi connectivity index (χ2n) is 11.3. The van der Waals surface area contributed by atoms with Crippen LogP contribution in [0.5, 0.6) is 0 Å². The highest BCUT2D eigenvalue weighted by Crippen LogP contribution is 2.47. The van der Waals surface area contributed by atoms with Crippen LogP contribution in [0, 0.1) is 12.3 Å². The van der Waals surface area contributed by atoms with E-state index in [-0.39, 0.29) is 6.04 Å². The molecule has 1 atom stereocenters. The molecule has 1 aromatic heterocycles. The van der Waals surface area contributed by atoms with Crippen molar-refractivity contribution in [2.75, 3.05) is 49.1 Å². The maximum absolute atomic E-state index is 5.96. The van der Waals surface area contributed by atoms with Crippen molar-refractivity contribution in [2.45, 2.75) is 51.1 Å². The van der Waals surface area contributed by atoms with Crippen molar-refractivity contribution in [1.82, 2.24) is 14.9 Å². The quantitative estimate of drug-likeness (QED) is 0.466. The second kappa shape index (κ2) is 9.95. The maximum atomic E-state index is 5.96. The molecule has 3 heterocycles. The van der Waals surface area contributed by atoms with E-state index in [2.05, 4.69) is 88.6 Å². The predicted molar refractivity (Wildman–Crippen MR) is 149 cm³/mol. The smallest absolute Gasteiger partial charge is 0.158 e. The highest BCUT2D eigenvalue weighted by molar-refractivity contribution is 5.66. The summed E-state index contributed by atoms with van der Waals surface area (Å²) >= 11 is 0. The first kappa shape index (κ1) is 24.2. The molecule has 6 rings (SSSR count). The topological polar surface area (TPSA) is 56.8 Å². The zero-order valence-corrected chi connectivity index (χ0v) is 22.2. The van der Waals surface area contributed by atoms with E-state index >= 15 is 0 Å². The van der Waals surface area contributed by atoms with Gasteiger partial charge in [0.1, 0.15) is 12.1 Å². The molecule has 1 saturated carbocycles. The molecular weight excluding hydrogens is 460 g/mol. The van der Waals surface area contributed by atoms with Gasteiger partial charge in [-0.3, -0.25) is 4.84 Å². The molecule has 2 aliphatic heterocycles. The van der Waals surface area contributed by atoms with E-state index in [9.17, 15) is 0 Å². The monoisotopic (exact) mass is 498 g/mol. The van der Waals surface area contributed by atoms with E-state index in [4.69, 9.17) is 4.84 Å². The summed E-state index contributed by atoms with van der Waals surface area (Å²) in [4.78, 5) is 19.9. The number of rotatable bonds is 6. The van der Waals surface area contributed by atoms with Crippen LogP contribution in [-0.2, 0) is 4.84 Å². The molecule has 3 aromatic rings. The van der Waals surface area contributed by atoms with Gasteiger partial charge in [-0.2, -0.15) is 0 Å². The third kappa shape index (κ3) is 4.90. The summed E-state index contributed by atoms with van der Waals surface area (Å²) in [6, 6.07) is 20.0. The Bertz CT molecular complexity index is 1220. The summed E-state index contributed by atoms with van der Waals surface area (Å²) in [5.74, 6) is 1.53. The average molecular weight is 499 g/mol. The van der Waals surface area contributed by atoms with Crippen LogP contribution in [0.3, 0.4) is 0 Å². The molecule has 3 fully saturated rings. The minimum Gasteiger partial charge on any atom is -0.370 e. The number of hydrogen-bond acceptors (Lipinski definition) is 7. The summed E-state index contributed by atoms with van der Waals surface area (Å²) < 4.78 is 0. The molecule has 1 spiro atoms. The van der Waals surface area contributed by atoms with Crippen molar-refractivity contribution < 1.29 is 4.84 Å². The van der Waals surface area contributed by atoms with E-state index in [1.807, 2.05) is 17.2 Å². The van der Waals surface area contributed by atoms with Crippen molar-refractivity contribution in [2.24, 2.45) is 5.41 Å². The highest BCUT2D eigenvalue weighted by Gasteiger charge is 2.45. The van der Waals surface area contributed by atoms with Crippen LogP contribution >= 0.6 is 0 Å². The summed E-state index contributed by atoms with van der Waals surface area (Å²) in [5.41, 5.74) is 5.45. The van der Waals surface area contributed by atoms with Crippen LogP contribution in [0.15, 0.2) is 60.9 Å². The van der Waals surface area contributed by atoms with Gasteiger partial charge in [-0.1, -0.05) is 30.3 Å². The van der Waals surface area contributed by atoms with E-state index in [1.165, 1.54) is 55.6 Å². The third-order valence-corrected chi connectivity index (χ3v) is 8.58. The minimum absolute atomic E-state index is 0.156. The molecule has 0 radical (unpaired) electrons. The van der Waals surface area contributed by atoms with Crippen LogP contribution in [0.25, 0.3) is 0 Å². The lowest BCUT2D eigenvalue weighted by Crippen LogP contribution is -2.59. The van der Waals surface area contributed by atoms with Crippen LogP contribution in [0.1, 0.15) is 49.3 Å². The Hall–Kier alpha value is -3.16. The molecule has 2 aromatic carbocycles. The SMILES string of the molecule is Cc1cc(Nc2cc(N3OCCC3c3ccccc3)ncn2)ccc1N1CC2(CCC(N(C)C)CC2)C1. The van der Waals surface area contributed by atoms with Gasteiger partial charge >= 0.3 is 0 Å². The third-order valence-electron chi connectivity index (χ3n) is 8.58. The second-order valence-corrected chi connectivity index (χ2v) is 11.3. The van der Waals surface area contributed by atoms with Gasteiger partial charge < -0.3 is 15.1 Å². The molecule has 3 aliphatic rings. The van der Waals surface area contributed by atoms with Crippen molar-refractivity contribution in [3.8, 4) is 0 Å². The number of benzene rings is 2. The number of nitrogens with one attached hydrogen (secondary N) is 1. The first-order valence-electron chi connectivity index (χ1n) is 13.6. The molecule has 1 unspecified atom stereocenters. The Morgan fingerprint density at radius 1 is 0.973 bits per heavy atom. The number of nitrogens with zero attached hydrogens (tertiary/aromatic N) is 5. The molecular formula is C30H38N6O. The van der Waals surface area contributed by atoms with Crippen molar-refractivity contribution >= 4 is 23.0 Å². The van der Waals surface area contributed by atoms with E-state index in [0.29, 0.717) is 12.0 Å². The van der Waals surface area contributed by atoms with Gasteiger partial charge in [0.25, 0.3) is 0 Å². The normalized spacial score (nSPS) is 21.5. The van der Waals surface area contributed by atoms with E-state index < -0.39 is 0 Å². The van der Waals surface area contributed by atoms with Crippen LogP contribution in [0.4, 0.5) is 23.0 Å². The van der Waals surface area contributed by atoms with Gasteiger partial charge in [0.05, 0.1) is 12.6 Å². The van der Waals surface area contributed by atoms with Gasteiger partial charge in [0.2, 0.25) is 0 Å². The molecule has 37 heavy (non-hydrogen) atoms. The Labute approximate surface area is 220 Å². The van der Waals surface area contributed by atoms with Gasteiger partial charge in [-0.05, 0) is 76.0 Å². The Balaban J connectivity index is 1.11. The lowest BCUT2D eigenvalue weighted by Gasteiger charge is -2.55. The first-order chi connectivity index (χ1) is 18.0. The van der Waals surface area contributed by atoms with Crippen molar-refractivity contribution in [3.63, 3.8) is 0 Å². The number of anilines is 4. The molecule has 0 bridgehead atoms. The van der Waals surface area contributed by atoms with Gasteiger partial charge in [0.15, 0.2) is 5.82 Å². The summed E-state index contributed by atoms with van der Waals surface area (Å²) in [6.07, 6.45) is 7.91. The molecule has 2 saturated heterocycles. The Kier molecular flexibility index (Phi) is 6.51. The number of aromatic nitrogens is 2. The Morgan fingerprint density at radius 3 is 2.49 bits per heavy atom. The molecule has 7 heteroatoms. The first-order valence-corrected chi connectivity index (χ1v) is 13.6. The fraction of sp³-hybridized carbons (Fsp3) is 0.467. The zero-order chi connectivity index (χ0) is 25.4. The molecule has 1 N–H and O–H groups in total. The predicted octanol–water partition coefficient (Wildman–Crippen LogP) is 5.72. The van der Waals surface area contributed by atoms with E-state index in [0.717, 1.165) is 29.8 Å². The summed E-state index contributed by atoms with van der Waals surface area (Å²) in [6.45, 7) is 5.27. The van der Waals surface area contributed by atoms with E-state index in [1.54, 1.807) is 6.33 Å². The molecule has 0 amide bonds. The minimum atomic E-state index is 0.156. The van der Waals surface area contributed by atoms with Crippen LogP contribution in [0.2, 0.25) is 0 Å². The van der Waals surface area contributed by atoms with Crippen molar-refractivity contribution in [3.05, 3.63) is 72.1 Å². The molecule has 194 valence electrons. The highest BCUT2D eigenvalue weighted by atomic mass is 16.7. The standard InChI is InChI=1S/C30H38N6O/c1-22-17-24(9-10-26(22)35-19-30(20-35)14-11-25(12-15-30)34(2)3)33-28-18-29(32-21-31-28)36-27(13-16-37-36)23-7-5-4-6-8-23/h4-10,17-18,21,25,27H,11-16,19-20H2,1-3H3,(H,31,32,33). The number of aryl methyl sites for hydroxylation is 1. The fourth-order valence-electron chi connectivity index (χ4n) is 6.43. The lowest BCUT2D eigenvalue weighted by molar-refractivity contribution is 0.0887. The van der Waals surface area contributed by atoms with Crippen LogP contribution < -0.4 is 15.3 Å². The van der Waals surface area contributed by atoms with Crippen LogP contribution in [-0.4, -0.2) is 54.7 Å². The number of hydrogen-bond donors (Lipinski definition) is 1. The molecule has 7 nitrogen and oxygen atoms in total. The molecule has 1 aliphatic carbocycles. The summed E-state index contributed by atoms with van der Waals surface area (Å²) in [5, 5.41) is 5.40. The lowest BCUT2D eigenvalue weighted by atomic mass is 9.67. The zero-order valence-electron chi connectivity index (χ0n) is 22.2. The Morgan fingerprint density at radius 2 is 1.76 bits per heavy atom. The summed E-state index contributed by atoms with van der Waals surface area (Å²) in [7, 11) is 4.44. The number of hydroxylamine groups is 1. The average Bonchev–Trinajstić information content (AvgIpc) is 3.39. The largest absolute Gasteiger partial charge is 0.370 e. The van der Waals surface area contributed by atoms with Gasteiger partial charge in [0, 0.05) is 48.4 Å². The van der Waals surface area contributed by atoms with Crippen molar-refractivity contribution in [1.29, 1.82) is 0 Å². The van der Waals surface area contributed by atoms with Gasteiger partial charge in [-0.25, -0.2) is 15.0 Å². The van der Waals surface area contributed by atoms with Gasteiger partial charge in [-0.15, -0.1) is 0 Å².